The molecule has 2 rings (SSSR count). The number of fused-ring (bicyclic) bond motifs is 1. The molecule has 0 aliphatic heterocycles. The highest BCUT2D eigenvalue weighted by atomic mass is 35.5. The zero-order valence-corrected chi connectivity index (χ0v) is 8.32. The number of halogens is 1. The number of likely N-dealkylation sites (N-methyl/N-ethyl adjacent to an activating group) is 1. The molecule has 0 aliphatic rings. The first kappa shape index (κ1) is 6.79. The highest BCUT2D eigenvalue weighted by molar-refractivity contribution is 6.33. The molecule has 0 atom stereocenters. The quantitative estimate of drug-likeness (QED) is 0.774. The van der Waals surface area contributed by atoms with Gasteiger partial charge in [0.1, 0.15) is 12.1 Å². The molecular weight excluding hydrogens is 216 g/mol. The van der Waals surface area contributed by atoms with Gasteiger partial charge in [0.15, 0.2) is 5.15 Å². The molecule has 0 bridgehead atoms. The zero-order valence-electron chi connectivity index (χ0n) is 10.6. The Labute approximate surface area is 95.3 Å². The van der Waals surface area contributed by atoms with E-state index < -0.39 is 12.9 Å². The Kier molecular flexibility index (Phi) is 1.75. The number of nitrogens with zero attached hydrogens (tertiary/aromatic N) is 3. The molecule has 1 amide bonds. The molecule has 0 saturated carbocycles. The summed E-state index contributed by atoms with van der Waals surface area (Å²) in [4.78, 5) is 19.4. The first-order valence-corrected chi connectivity index (χ1v) is 4.51. The summed E-state index contributed by atoms with van der Waals surface area (Å²) in [6.45, 7) is -2.64. The van der Waals surface area contributed by atoms with Gasteiger partial charge < -0.3 is 9.88 Å². The highest BCUT2D eigenvalue weighted by Gasteiger charge is 2.08. The fraction of sp³-hybridized carbons (Fsp3) is 0.222. The second-order valence-electron chi connectivity index (χ2n) is 2.89. The molecule has 0 unspecified atom stereocenters. The predicted molar refractivity (Wildman–Crippen MR) is 56.6 cm³/mol. The summed E-state index contributed by atoms with van der Waals surface area (Å²) in [5.41, 5.74) is 1.09. The molecule has 0 spiro atoms. The summed E-state index contributed by atoms with van der Waals surface area (Å²) >= 11 is 5.84. The Hall–Kier alpha value is -1.62. The lowest BCUT2D eigenvalue weighted by molar-refractivity contribution is -0.121. The number of carbonyl (C=O) groups excluding carboxylic acids is 1. The van der Waals surface area contributed by atoms with Crippen LogP contribution in [0, 0.1) is 0 Å². The maximum Gasteiger partial charge on any atom is 0.239 e. The molecule has 5 nitrogen and oxygen atoms in total. The molecule has 6 heteroatoms. The number of amides is 1. The van der Waals surface area contributed by atoms with E-state index in [2.05, 4.69) is 9.97 Å². The van der Waals surface area contributed by atoms with E-state index in [9.17, 15) is 4.79 Å². The normalized spacial score (nSPS) is 14.3. The van der Waals surface area contributed by atoms with Crippen LogP contribution in [0.4, 0.5) is 0 Å². The third-order valence-corrected chi connectivity index (χ3v) is 2.22. The lowest BCUT2D eigenvalue weighted by atomic mass is 10.4. The first-order chi connectivity index (χ1) is 8.37. The minimum absolute atomic E-state index is 0.144. The van der Waals surface area contributed by atoms with Crippen LogP contribution in [0.1, 0.15) is 4.11 Å². The summed E-state index contributed by atoms with van der Waals surface area (Å²) < 4.78 is 22.3. The molecule has 0 radical (unpaired) electrons. The van der Waals surface area contributed by atoms with Gasteiger partial charge in [0.25, 0.3) is 0 Å². The second-order valence-corrected chi connectivity index (χ2v) is 3.25. The third kappa shape index (κ3) is 1.78. The van der Waals surface area contributed by atoms with Gasteiger partial charge in [-0.3, -0.25) is 4.79 Å². The van der Waals surface area contributed by atoms with Crippen molar-refractivity contribution in [1.82, 2.24) is 19.9 Å². The number of imidazole rings is 1. The van der Waals surface area contributed by atoms with Gasteiger partial charge in [-0.2, -0.15) is 0 Å². The number of hydrogen-bond donors (Lipinski definition) is 1. The predicted octanol–water partition coefficient (Wildman–Crippen LogP) is 0.831. The maximum absolute atomic E-state index is 11.5. The number of rotatable bonds is 2. The Morgan fingerprint density at radius 3 is 3.40 bits per heavy atom. The number of nitrogens with one attached hydrogen (secondary N) is 1. The van der Waals surface area contributed by atoms with Crippen molar-refractivity contribution in [2.24, 2.45) is 0 Å². The molecule has 0 fully saturated rings. The van der Waals surface area contributed by atoms with E-state index in [0.29, 0.717) is 11.0 Å². The van der Waals surface area contributed by atoms with Crippen molar-refractivity contribution in [2.45, 2.75) is 6.54 Å². The van der Waals surface area contributed by atoms with Crippen LogP contribution in [0.5, 0.6) is 0 Å². The van der Waals surface area contributed by atoms with E-state index in [1.54, 1.807) is 6.07 Å². The minimum atomic E-state index is -2.49. The smallest absolute Gasteiger partial charge is 0.239 e. The van der Waals surface area contributed by atoms with Crippen molar-refractivity contribution in [3.05, 3.63) is 23.7 Å². The van der Waals surface area contributed by atoms with Gasteiger partial charge in [-0.1, -0.05) is 11.6 Å². The van der Waals surface area contributed by atoms with Gasteiger partial charge >= 0.3 is 0 Å². The molecule has 2 aromatic rings. The molecule has 1 N–H and O–H groups in total. The van der Waals surface area contributed by atoms with Crippen LogP contribution < -0.4 is 5.32 Å². The monoisotopic (exact) mass is 227 g/mol. The molecule has 0 aliphatic carbocycles. The summed E-state index contributed by atoms with van der Waals surface area (Å²) in [6.07, 6.45) is 2.90. The summed E-state index contributed by atoms with van der Waals surface area (Å²) in [6, 6.07) is 1.65. The average molecular weight is 228 g/mol. The zero-order chi connectivity index (χ0) is 13.3. The molecule has 0 saturated heterocycles. The fourth-order valence-electron chi connectivity index (χ4n) is 1.28. The minimum Gasteiger partial charge on any atom is -0.358 e. The summed E-state index contributed by atoms with van der Waals surface area (Å²) in [5.74, 6) is -0.623. The maximum atomic E-state index is 11.5. The lowest BCUT2D eigenvalue weighted by Gasteiger charge is -2.02. The van der Waals surface area contributed by atoms with E-state index in [1.165, 1.54) is 17.1 Å². The summed E-state index contributed by atoms with van der Waals surface area (Å²) in [7, 11) is 0. The van der Waals surface area contributed by atoms with Crippen LogP contribution in [-0.4, -0.2) is 27.4 Å². The van der Waals surface area contributed by atoms with Gasteiger partial charge in [0.2, 0.25) is 5.91 Å². The lowest BCUT2D eigenvalue weighted by Crippen LogP contribution is -2.22. The number of pyridine rings is 1. The first-order valence-electron chi connectivity index (χ1n) is 5.63. The van der Waals surface area contributed by atoms with Gasteiger partial charge in [0, 0.05) is 17.3 Å². The third-order valence-electron chi connectivity index (χ3n) is 1.95. The average Bonchev–Trinajstić information content (AvgIpc) is 2.60. The molecule has 2 aromatic heterocycles. The molecular formula is C9H9ClN4O. The van der Waals surface area contributed by atoms with Crippen LogP contribution in [0.3, 0.4) is 0 Å². The Balaban J connectivity index is 2.23. The van der Waals surface area contributed by atoms with Crippen LogP contribution in [0.2, 0.25) is 5.15 Å². The summed E-state index contributed by atoms with van der Waals surface area (Å²) in [5, 5.41) is 2.14. The Bertz CT molecular complexity index is 595. The van der Waals surface area contributed by atoms with Crippen LogP contribution in [0.25, 0.3) is 11.0 Å². The standard InChI is InChI=1S/C9H9ClN4O/c1-11-7(15)4-14-5-13-8-6(14)2-3-12-9(8)10/h2-3,5H,4H2,1H3,(H,11,15)/i1D3. The van der Waals surface area contributed by atoms with Crippen molar-refractivity contribution in [3.63, 3.8) is 0 Å². The second kappa shape index (κ2) is 3.86. The molecule has 2 heterocycles. The van der Waals surface area contributed by atoms with Gasteiger partial charge in [-0.15, -0.1) is 0 Å². The van der Waals surface area contributed by atoms with E-state index in [-0.39, 0.29) is 11.7 Å². The van der Waals surface area contributed by atoms with E-state index >= 15 is 0 Å². The Morgan fingerprint density at radius 2 is 2.60 bits per heavy atom. The molecule has 78 valence electrons. The van der Waals surface area contributed by atoms with Crippen molar-refractivity contribution in [2.75, 3.05) is 6.98 Å². The van der Waals surface area contributed by atoms with Crippen LogP contribution in [0.15, 0.2) is 18.6 Å². The van der Waals surface area contributed by atoms with Crippen molar-refractivity contribution < 1.29 is 8.91 Å². The van der Waals surface area contributed by atoms with Crippen molar-refractivity contribution in [1.29, 1.82) is 0 Å². The SMILES string of the molecule is [2H]C([2H])([2H])NC(=O)Cn1cnc2c(Cl)nccc21. The fourth-order valence-corrected chi connectivity index (χ4v) is 1.48. The van der Waals surface area contributed by atoms with Crippen molar-refractivity contribution in [3.8, 4) is 0 Å². The topological polar surface area (TPSA) is 59.8 Å². The van der Waals surface area contributed by atoms with Gasteiger partial charge in [-0.25, -0.2) is 9.97 Å². The number of aromatic nitrogens is 3. The number of carbonyl (C=O) groups is 1. The van der Waals surface area contributed by atoms with Crippen molar-refractivity contribution >= 4 is 28.5 Å². The Morgan fingerprint density at radius 1 is 1.73 bits per heavy atom. The number of hydrogen-bond acceptors (Lipinski definition) is 3. The van der Waals surface area contributed by atoms with E-state index in [0.717, 1.165) is 0 Å². The van der Waals surface area contributed by atoms with E-state index in [1.807, 2.05) is 5.32 Å². The highest BCUT2D eigenvalue weighted by Crippen LogP contribution is 2.18. The molecule has 15 heavy (non-hydrogen) atoms. The van der Waals surface area contributed by atoms with Crippen LogP contribution >= 0.6 is 11.6 Å². The van der Waals surface area contributed by atoms with Gasteiger partial charge in [-0.05, 0) is 6.07 Å². The largest absolute Gasteiger partial charge is 0.358 e. The van der Waals surface area contributed by atoms with E-state index in [4.69, 9.17) is 15.7 Å². The van der Waals surface area contributed by atoms with Crippen LogP contribution in [-0.2, 0) is 11.3 Å². The molecule has 0 aromatic carbocycles. The van der Waals surface area contributed by atoms with Gasteiger partial charge in [0.05, 0.1) is 11.8 Å².